The standard InChI is InChI=1S/C3H6O2.H2OS/c1-2-3(4)5;1-2/h2H2,1H3,(H,4,5);2H2. The van der Waals surface area contributed by atoms with Gasteiger partial charge >= 0.3 is 5.97 Å². The van der Waals surface area contributed by atoms with Gasteiger partial charge in [0.1, 0.15) is 0 Å². The van der Waals surface area contributed by atoms with E-state index < -0.39 is 5.97 Å². The molecule has 0 aliphatic heterocycles. The molecular weight excluding hydrogens is 116 g/mol. The molecule has 0 saturated heterocycles. The van der Waals surface area contributed by atoms with E-state index in [1.54, 1.807) is 19.5 Å². The minimum absolute atomic E-state index is 0.222. The van der Waals surface area contributed by atoms with E-state index >= 15 is 0 Å². The Balaban J connectivity index is 0. The Labute approximate surface area is 46.9 Å². The van der Waals surface area contributed by atoms with Crippen molar-refractivity contribution >= 4 is 18.5 Å². The number of carbonyl (C=O) groups is 1. The van der Waals surface area contributed by atoms with Crippen molar-refractivity contribution in [3.8, 4) is 0 Å². The predicted molar refractivity (Wildman–Crippen MR) is 28.9 cm³/mol. The Morgan fingerprint density at radius 3 is 1.86 bits per heavy atom. The Morgan fingerprint density at radius 1 is 1.71 bits per heavy atom. The summed E-state index contributed by atoms with van der Waals surface area (Å²) in [4.78, 5) is 9.37. The zero-order valence-corrected chi connectivity index (χ0v) is 4.97. The van der Waals surface area contributed by atoms with E-state index in [1.165, 1.54) is 0 Å². The van der Waals surface area contributed by atoms with Crippen molar-refractivity contribution in [3.63, 3.8) is 0 Å². The SMILES string of the molecule is CCC(=O)O.O=[SH2]. The quantitative estimate of drug-likeness (QED) is 0.518. The van der Waals surface area contributed by atoms with Gasteiger partial charge in [-0.25, -0.2) is 0 Å². The third kappa shape index (κ3) is 28.1. The van der Waals surface area contributed by atoms with Gasteiger partial charge in [-0.2, -0.15) is 0 Å². The largest absolute Gasteiger partial charge is 0.481 e. The minimum Gasteiger partial charge on any atom is -0.481 e. The van der Waals surface area contributed by atoms with E-state index in [2.05, 4.69) is 0 Å². The first kappa shape index (κ1) is 9.80. The van der Waals surface area contributed by atoms with E-state index in [0.29, 0.717) is 0 Å². The molecule has 0 amide bonds. The lowest BCUT2D eigenvalue weighted by molar-refractivity contribution is -0.136. The Morgan fingerprint density at radius 2 is 1.86 bits per heavy atom. The summed E-state index contributed by atoms with van der Waals surface area (Å²) in [5, 5.41) is 7.72. The predicted octanol–water partition coefficient (Wildman–Crippen LogP) is -0.391. The summed E-state index contributed by atoms with van der Waals surface area (Å²) in [6, 6.07) is 0. The molecule has 7 heavy (non-hydrogen) atoms. The molecule has 44 valence electrons. The molecule has 1 N–H and O–H groups in total. The van der Waals surface area contributed by atoms with Crippen LogP contribution in [0.5, 0.6) is 0 Å². The summed E-state index contributed by atoms with van der Waals surface area (Å²) in [5.41, 5.74) is 0. The Bertz CT molecular complexity index is 54.1. The maximum absolute atomic E-state index is 9.37. The highest BCUT2D eigenvalue weighted by molar-refractivity contribution is 7.44. The average Bonchev–Trinajstić information content (AvgIpc) is 1.73. The molecule has 0 aliphatic rings. The van der Waals surface area contributed by atoms with Crippen LogP contribution in [0.1, 0.15) is 13.3 Å². The van der Waals surface area contributed by atoms with Gasteiger partial charge in [-0.05, 0) is 12.5 Å². The monoisotopic (exact) mass is 124 g/mol. The van der Waals surface area contributed by atoms with Crippen LogP contribution in [0.25, 0.3) is 0 Å². The van der Waals surface area contributed by atoms with Gasteiger partial charge in [0.05, 0.1) is 0 Å². The number of carboxylic acid groups (broad SMARTS) is 1. The molecule has 0 spiro atoms. The fourth-order valence-corrected chi connectivity index (χ4v) is 0. The fraction of sp³-hybridized carbons (Fsp3) is 0.667. The van der Waals surface area contributed by atoms with E-state index in [-0.39, 0.29) is 6.42 Å². The van der Waals surface area contributed by atoms with Crippen molar-refractivity contribution in [2.24, 2.45) is 0 Å². The van der Waals surface area contributed by atoms with Crippen molar-refractivity contribution in [3.05, 3.63) is 0 Å². The van der Waals surface area contributed by atoms with Gasteiger partial charge in [0, 0.05) is 6.42 Å². The number of hydrogen-bond acceptors (Lipinski definition) is 2. The number of aliphatic carboxylic acids is 1. The number of carboxylic acids is 1. The minimum atomic E-state index is -0.745. The molecule has 0 heterocycles. The highest BCUT2D eigenvalue weighted by Crippen LogP contribution is 1.67. The van der Waals surface area contributed by atoms with Crippen LogP contribution in [0.2, 0.25) is 0 Å². The molecule has 0 fully saturated rings. The van der Waals surface area contributed by atoms with Crippen molar-refractivity contribution in [2.75, 3.05) is 0 Å². The molecule has 0 atom stereocenters. The van der Waals surface area contributed by atoms with Gasteiger partial charge in [0.25, 0.3) is 0 Å². The molecule has 0 radical (unpaired) electrons. The summed E-state index contributed by atoms with van der Waals surface area (Å²) < 4.78 is 8.06. The van der Waals surface area contributed by atoms with Crippen LogP contribution in [0.4, 0.5) is 0 Å². The first-order valence-corrected chi connectivity index (χ1v) is 2.10. The van der Waals surface area contributed by atoms with E-state index in [0.717, 1.165) is 0 Å². The molecule has 0 bridgehead atoms. The zero-order valence-electron chi connectivity index (χ0n) is 3.97. The van der Waals surface area contributed by atoms with Crippen LogP contribution < -0.4 is 0 Å². The summed E-state index contributed by atoms with van der Waals surface area (Å²) in [7, 11) is 0. The maximum Gasteiger partial charge on any atom is 0.303 e. The summed E-state index contributed by atoms with van der Waals surface area (Å²) in [5.74, 6) is -0.745. The highest BCUT2D eigenvalue weighted by Gasteiger charge is 1.80. The molecule has 4 heteroatoms. The van der Waals surface area contributed by atoms with Crippen LogP contribution in [0.3, 0.4) is 0 Å². The van der Waals surface area contributed by atoms with Gasteiger partial charge in [0.2, 0.25) is 0 Å². The summed E-state index contributed by atoms with van der Waals surface area (Å²) in [6.07, 6.45) is 0.222. The van der Waals surface area contributed by atoms with Crippen molar-refractivity contribution in [1.29, 1.82) is 0 Å². The smallest absolute Gasteiger partial charge is 0.303 e. The molecule has 0 saturated carbocycles. The van der Waals surface area contributed by atoms with Gasteiger partial charge in [-0.15, -0.1) is 0 Å². The number of rotatable bonds is 1. The lowest BCUT2D eigenvalue weighted by Crippen LogP contribution is -1.86. The van der Waals surface area contributed by atoms with E-state index in [1.807, 2.05) is 0 Å². The van der Waals surface area contributed by atoms with Gasteiger partial charge in [-0.1, -0.05) is 6.92 Å². The fourth-order valence-electron chi connectivity index (χ4n) is 0. The molecule has 0 aromatic carbocycles. The van der Waals surface area contributed by atoms with E-state index in [4.69, 9.17) is 9.32 Å². The number of hydrogen-bond donors (Lipinski definition) is 1. The molecule has 0 aromatic rings. The summed E-state index contributed by atoms with van der Waals surface area (Å²) >= 11 is 1.72. The molecule has 0 rings (SSSR count). The third-order valence-corrected chi connectivity index (χ3v) is 0.302. The lowest BCUT2D eigenvalue weighted by Gasteiger charge is -1.71. The molecule has 0 aromatic heterocycles. The molecule has 0 aliphatic carbocycles. The van der Waals surface area contributed by atoms with Crippen LogP contribution >= 0.6 is 0 Å². The normalized spacial score (nSPS) is 6.00. The van der Waals surface area contributed by atoms with Crippen LogP contribution in [-0.2, 0) is 17.3 Å². The second-order valence-corrected chi connectivity index (χ2v) is 0.747. The third-order valence-electron chi connectivity index (χ3n) is 0.302. The molecule has 3 nitrogen and oxygen atoms in total. The van der Waals surface area contributed by atoms with Crippen molar-refractivity contribution in [1.82, 2.24) is 0 Å². The second-order valence-electron chi connectivity index (χ2n) is 0.747. The van der Waals surface area contributed by atoms with Gasteiger partial charge in [0.15, 0.2) is 0 Å². The molecule has 0 unspecified atom stereocenters. The summed E-state index contributed by atoms with van der Waals surface area (Å²) in [6.45, 7) is 1.60. The van der Waals surface area contributed by atoms with Crippen LogP contribution in [0, 0.1) is 0 Å². The Kier molecular flexibility index (Phi) is 12.8. The van der Waals surface area contributed by atoms with Gasteiger partial charge in [-0.3, -0.25) is 9.00 Å². The lowest BCUT2D eigenvalue weighted by atomic mass is 10.5. The zero-order chi connectivity index (χ0) is 6.28. The van der Waals surface area contributed by atoms with Crippen molar-refractivity contribution in [2.45, 2.75) is 13.3 Å². The topological polar surface area (TPSA) is 54.4 Å². The van der Waals surface area contributed by atoms with Crippen LogP contribution in [-0.4, -0.2) is 15.3 Å². The van der Waals surface area contributed by atoms with Crippen molar-refractivity contribution < 1.29 is 14.1 Å². The molecular formula is C3H8O3S. The average molecular weight is 124 g/mol. The van der Waals surface area contributed by atoms with E-state index in [9.17, 15) is 4.79 Å². The first-order chi connectivity index (χ1) is 3.27. The second kappa shape index (κ2) is 9.15. The highest BCUT2D eigenvalue weighted by atomic mass is 32.1. The maximum atomic E-state index is 9.37. The first-order valence-electron chi connectivity index (χ1n) is 1.69. The van der Waals surface area contributed by atoms with Gasteiger partial charge < -0.3 is 5.11 Å². The Hall–Kier alpha value is -0.380. The van der Waals surface area contributed by atoms with Crippen LogP contribution in [0.15, 0.2) is 0 Å².